The Balaban J connectivity index is 1.90. The van der Waals surface area contributed by atoms with Crippen LogP contribution in [0.4, 0.5) is 4.39 Å². The lowest BCUT2D eigenvalue weighted by Crippen LogP contribution is -2.47. The summed E-state index contributed by atoms with van der Waals surface area (Å²) in [6.07, 6.45) is -0.617. The monoisotopic (exact) mass is 195 g/mol. The summed E-state index contributed by atoms with van der Waals surface area (Å²) in [4.78, 5) is 2.09. The van der Waals surface area contributed by atoms with Crippen molar-refractivity contribution in [3.05, 3.63) is 29.8 Å². The number of likely N-dealkylation sites (tertiary alicyclic amines) is 1. The van der Waals surface area contributed by atoms with Gasteiger partial charge in [-0.05, 0) is 17.7 Å². The first-order valence-corrected chi connectivity index (χ1v) is 4.77. The molecule has 0 atom stereocenters. The Morgan fingerprint density at radius 2 is 2.00 bits per heavy atom. The van der Waals surface area contributed by atoms with Gasteiger partial charge in [-0.15, -0.1) is 0 Å². The maximum atomic E-state index is 12.5. The van der Waals surface area contributed by atoms with E-state index in [4.69, 9.17) is 4.74 Å². The standard InChI is InChI=1S/C11H14FNO/c1-14-11-4-2-9(3-5-11)6-13-7-10(12)8-13/h2-5,10H,6-8H2,1H3. The van der Waals surface area contributed by atoms with Crippen LogP contribution in [0.3, 0.4) is 0 Å². The second-order valence-electron chi connectivity index (χ2n) is 3.64. The lowest BCUT2D eigenvalue weighted by Gasteiger charge is -2.34. The summed E-state index contributed by atoms with van der Waals surface area (Å²) < 4.78 is 17.6. The van der Waals surface area contributed by atoms with E-state index in [1.807, 2.05) is 24.3 Å². The van der Waals surface area contributed by atoms with E-state index in [2.05, 4.69) is 4.90 Å². The van der Waals surface area contributed by atoms with Gasteiger partial charge in [0.1, 0.15) is 11.9 Å². The smallest absolute Gasteiger partial charge is 0.125 e. The van der Waals surface area contributed by atoms with E-state index >= 15 is 0 Å². The summed E-state index contributed by atoms with van der Waals surface area (Å²) in [5.41, 5.74) is 1.21. The van der Waals surface area contributed by atoms with E-state index in [0.717, 1.165) is 12.3 Å². The normalized spacial score (nSPS) is 17.9. The fourth-order valence-electron chi connectivity index (χ4n) is 1.63. The summed E-state index contributed by atoms with van der Waals surface area (Å²) >= 11 is 0. The second kappa shape index (κ2) is 3.96. The topological polar surface area (TPSA) is 12.5 Å². The van der Waals surface area contributed by atoms with Crippen molar-refractivity contribution >= 4 is 0 Å². The van der Waals surface area contributed by atoms with Gasteiger partial charge in [0.25, 0.3) is 0 Å². The number of benzene rings is 1. The van der Waals surface area contributed by atoms with Crippen molar-refractivity contribution in [2.24, 2.45) is 0 Å². The maximum absolute atomic E-state index is 12.5. The molecule has 0 amide bonds. The van der Waals surface area contributed by atoms with Gasteiger partial charge in [0.05, 0.1) is 7.11 Å². The van der Waals surface area contributed by atoms with Crippen molar-refractivity contribution in [1.82, 2.24) is 4.90 Å². The van der Waals surface area contributed by atoms with Crippen molar-refractivity contribution in [3.8, 4) is 5.75 Å². The van der Waals surface area contributed by atoms with Gasteiger partial charge in [0.15, 0.2) is 0 Å². The highest BCUT2D eigenvalue weighted by Gasteiger charge is 2.25. The number of hydrogen-bond donors (Lipinski definition) is 0. The van der Waals surface area contributed by atoms with Crippen LogP contribution >= 0.6 is 0 Å². The molecule has 1 aromatic carbocycles. The average molecular weight is 195 g/mol. The van der Waals surface area contributed by atoms with Gasteiger partial charge >= 0.3 is 0 Å². The molecule has 1 aliphatic heterocycles. The van der Waals surface area contributed by atoms with Crippen molar-refractivity contribution in [1.29, 1.82) is 0 Å². The number of ether oxygens (including phenoxy) is 1. The number of alkyl halides is 1. The molecule has 2 nitrogen and oxygen atoms in total. The lowest BCUT2D eigenvalue weighted by molar-refractivity contribution is 0.0591. The molecule has 1 fully saturated rings. The summed E-state index contributed by atoms with van der Waals surface area (Å²) in [6, 6.07) is 7.90. The summed E-state index contributed by atoms with van der Waals surface area (Å²) in [6.45, 7) is 1.99. The van der Waals surface area contributed by atoms with E-state index in [1.54, 1.807) is 7.11 Å². The Bertz CT molecular complexity index is 293. The van der Waals surface area contributed by atoms with Gasteiger partial charge in [0.2, 0.25) is 0 Å². The number of methoxy groups -OCH3 is 1. The molecule has 0 aliphatic carbocycles. The molecule has 0 unspecified atom stereocenters. The molecule has 76 valence electrons. The van der Waals surface area contributed by atoms with E-state index in [-0.39, 0.29) is 0 Å². The first-order chi connectivity index (χ1) is 6.78. The van der Waals surface area contributed by atoms with Crippen LogP contribution in [0.2, 0.25) is 0 Å². The van der Waals surface area contributed by atoms with Crippen LogP contribution in [0, 0.1) is 0 Å². The predicted octanol–water partition coefficient (Wildman–Crippen LogP) is 1.85. The minimum Gasteiger partial charge on any atom is -0.497 e. The van der Waals surface area contributed by atoms with Gasteiger partial charge in [-0.2, -0.15) is 0 Å². The Kier molecular flexibility index (Phi) is 2.68. The molecule has 0 radical (unpaired) electrons. The SMILES string of the molecule is COc1ccc(CN2CC(F)C2)cc1. The quantitative estimate of drug-likeness (QED) is 0.729. The van der Waals surface area contributed by atoms with Gasteiger partial charge in [-0.25, -0.2) is 4.39 Å². The third-order valence-electron chi connectivity index (χ3n) is 2.48. The Morgan fingerprint density at radius 3 is 2.50 bits per heavy atom. The highest BCUT2D eigenvalue weighted by atomic mass is 19.1. The van der Waals surface area contributed by atoms with Crippen LogP contribution in [-0.4, -0.2) is 31.3 Å². The van der Waals surface area contributed by atoms with Crippen molar-refractivity contribution in [3.63, 3.8) is 0 Å². The van der Waals surface area contributed by atoms with E-state index in [1.165, 1.54) is 5.56 Å². The van der Waals surface area contributed by atoms with Crippen LogP contribution in [0.1, 0.15) is 5.56 Å². The van der Waals surface area contributed by atoms with Gasteiger partial charge < -0.3 is 4.74 Å². The molecule has 0 spiro atoms. The molecule has 0 bridgehead atoms. The van der Waals surface area contributed by atoms with E-state index in [9.17, 15) is 4.39 Å². The van der Waals surface area contributed by atoms with Crippen molar-refractivity contribution in [2.75, 3.05) is 20.2 Å². The molecule has 2 rings (SSSR count). The average Bonchev–Trinajstić information content (AvgIpc) is 2.17. The van der Waals surface area contributed by atoms with Crippen LogP contribution in [0.5, 0.6) is 5.75 Å². The highest BCUT2D eigenvalue weighted by Crippen LogP contribution is 2.17. The maximum Gasteiger partial charge on any atom is 0.125 e. The van der Waals surface area contributed by atoms with Gasteiger partial charge in [-0.1, -0.05) is 12.1 Å². The number of rotatable bonds is 3. The van der Waals surface area contributed by atoms with Gasteiger partial charge in [0, 0.05) is 19.6 Å². The summed E-state index contributed by atoms with van der Waals surface area (Å²) in [5.74, 6) is 0.862. The molecule has 1 heterocycles. The molecule has 1 saturated heterocycles. The first kappa shape index (κ1) is 9.46. The Morgan fingerprint density at radius 1 is 1.36 bits per heavy atom. The van der Waals surface area contributed by atoms with E-state index in [0.29, 0.717) is 13.1 Å². The predicted molar refractivity (Wildman–Crippen MR) is 53.2 cm³/mol. The Labute approximate surface area is 83.3 Å². The molecule has 1 aliphatic rings. The minimum absolute atomic E-state index is 0.575. The zero-order chi connectivity index (χ0) is 9.97. The zero-order valence-corrected chi connectivity index (χ0v) is 8.24. The Hall–Kier alpha value is -1.09. The minimum atomic E-state index is -0.617. The van der Waals surface area contributed by atoms with Crippen LogP contribution < -0.4 is 4.74 Å². The van der Waals surface area contributed by atoms with E-state index < -0.39 is 6.17 Å². The fourth-order valence-corrected chi connectivity index (χ4v) is 1.63. The highest BCUT2D eigenvalue weighted by molar-refractivity contribution is 5.27. The third kappa shape index (κ3) is 2.04. The largest absolute Gasteiger partial charge is 0.497 e. The van der Waals surface area contributed by atoms with Crippen LogP contribution in [-0.2, 0) is 6.54 Å². The van der Waals surface area contributed by atoms with Crippen molar-refractivity contribution in [2.45, 2.75) is 12.7 Å². The summed E-state index contributed by atoms with van der Waals surface area (Å²) in [5, 5.41) is 0. The molecular weight excluding hydrogens is 181 g/mol. The number of halogens is 1. The number of hydrogen-bond acceptors (Lipinski definition) is 2. The molecular formula is C11H14FNO. The van der Waals surface area contributed by atoms with Crippen LogP contribution in [0.15, 0.2) is 24.3 Å². The molecule has 0 saturated carbocycles. The molecule has 14 heavy (non-hydrogen) atoms. The molecule has 0 aromatic heterocycles. The number of nitrogens with zero attached hydrogens (tertiary/aromatic N) is 1. The second-order valence-corrected chi connectivity index (χ2v) is 3.64. The van der Waals surface area contributed by atoms with Crippen molar-refractivity contribution < 1.29 is 9.13 Å². The lowest BCUT2D eigenvalue weighted by atomic mass is 10.1. The summed E-state index contributed by atoms with van der Waals surface area (Å²) in [7, 11) is 1.65. The van der Waals surface area contributed by atoms with Crippen LogP contribution in [0.25, 0.3) is 0 Å². The molecule has 0 N–H and O–H groups in total. The van der Waals surface area contributed by atoms with Gasteiger partial charge in [-0.3, -0.25) is 4.90 Å². The molecule has 1 aromatic rings. The third-order valence-corrected chi connectivity index (χ3v) is 2.48. The zero-order valence-electron chi connectivity index (χ0n) is 8.24. The fraction of sp³-hybridized carbons (Fsp3) is 0.455. The first-order valence-electron chi connectivity index (χ1n) is 4.77. The molecule has 3 heteroatoms.